The summed E-state index contributed by atoms with van der Waals surface area (Å²) in [5, 5.41) is 11.9. The van der Waals surface area contributed by atoms with Gasteiger partial charge < -0.3 is 10.3 Å². The molecule has 2 aromatic carbocycles. The molecule has 208 valence electrons. The first-order chi connectivity index (χ1) is 19.6. The van der Waals surface area contributed by atoms with E-state index < -0.39 is 15.8 Å². The summed E-state index contributed by atoms with van der Waals surface area (Å²) in [4.78, 5) is 12.7. The van der Waals surface area contributed by atoms with Crippen molar-refractivity contribution in [1.29, 1.82) is 0 Å². The van der Waals surface area contributed by atoms with Crippen LogP contribution in [0.1, 0.15) is 19.4 Å². The van der Waals surface area contributed by atoms with Crippen LogP contribution in [0.15, 0.2) is 73.1 Å². The number of halogens is 1. The number of rotatable bonds is 8. The number of nitrogens with one attached hydrogen (secondary N) is 4. The number of hydrogen-bond donors (Lipinski definition) is 4. The first kappa shape index (κ1) is 26.6. The van der Waals surface area contributed by atoms with Gasteiger partial charge in [0.25, 0.3) is 0 Å². The summed E-state index contributed by atoms with van der Waals surface area (Å²) in [6.45, 7) is 4.14. The summed E-state index contributed by atoms with van der Waals surface area (Å²) >= 11 is 0. The van der Waals surface area contributed by atoms with Gasteiger partial charge in [0.1, 0.15) is 17.0 Å². The highest BCUT2D eigenvalue weighted by Gasteiger charge is 2.16. The summed E-state index contributed by atoms with van der Waals surface area (Å²) in [5.74, 6) is -0.447. The van der Waals surface area contributed by atoms with Crippen LogP contribution in [0.2, 0.25) is 0 Å². The molecule has 0 saturated heterocycles. The van der Waals surface area contributed by atoms with Crippen LogP contribution in [-0.4, -0.2) is 45.9 Å². The molecular formula is C30H28FN7O2S. The molecule has 4 aromatic heterocycles. The van der Waals surface area contributed by atoms with Gasteiger partial charge in [-0.2, -0.15) is 5.10 Å². The Hall–Kier alpha value is -4.61. The van der Waals surface area contributed by atoms with Gasteiger partial charge in [-0.15, -0.1) is 0 Å². The van der Waals surface area contributed by atoms with E-state index in [9.17, 15) is 12.8 Å². The number of aromatic amines is 2. The molecule has 0 atom stereocenters. The minimum Gasteiger partial charge on any atom is -0.382 e. The van der Waals surface area contributed by atoms with E-state index in [0.29, 0.717) is 22.3 Å². The Morgan fingerprint density at radius 1 is 0.976 bits per heavy atom. The maximum absolute atomic E-state index is 14.6. The van der Waals surface area contributed by atoms with Crippen molar-refractivity contribution in [2.75, 3.05) is 11.6 Å². The molecule has 0 aliphatic rings. The molecule has 0 spiro atoms. The fraction of sp³-hybridized carbons (Fsp3) is 0.167. The third-order valence-electron chi connectivity index (χ3n) is 6.62. The van der Waals surface area contributed by atoms with Crippen molar-refractivity contribution >= 4 is 37.6 Å². The predicted molar refractivity (Wildman–Crippen MR) is 160 cm³/mol. The molecule has 0 aliphatic heterocycles. The summed E-state index contributed by atoms with van der Waals surface area (Å²) in [7, 11) is -3.42. The van der Waals surface area contributed by atoms with E-state index in [-0.39, 0.29) is 12.6 Å². The van der Waals surface area contributed by atoms with Crippen LogP contribution in [-0.2, 0) is 16.6 Å². The summed E-state index contributed by atoms with van der Waals surface area (Å²) in [5.41, 5.74) is 8.30. The minimum absolute atomic E-state index is 0.00280. The van der Waals surface area contributed by atoms with E-state index >= 15 is 0 Å². The van der Waals surface area contributed by atoms with E-state index in [0.717, 1.165) is 50.9 Å². The van der Waals surface area contributed by atoms with Crippen LogP contribution in [0.5, 0.6) is 0 Å². The normalized spacial score (nSPS) is 12.0. The highest BCUT2D eigenvalue weighted by molar-refractivity contribution is 7.88. The Morgan fingerprint density at radius 2 is 1.83 bits per heavy atom. The zero-order chi connectivity index (χ0) is 28.7. The number of H-pyrrole nitrogens is 2. The van der Waals surface area contributed by atoms with Crippen molar-refractivity contribution in [2.24, 2.45) is 0 Å². The highest BCUT2D eigenvalue weighted by atomic mass is 32.2. The number of fused-ring (bicyclic) bond motifs is 2. The van der Waals surface area contributed by atoms with Gasteiger partial charge in [-0.05, 0) is 79.1 Å². The maximum Gasteiger partial charge on any atom is 0.209 e. The van der Waals surface area contributed by atoms with Crippen LogP contribution in [0, 0.1) is 5.82 Å². The monoisotopic (exact) mass is 569 g/mol. The fourth-order valence-corrected chi connectivity index (χ4v) is 5.33. The van der Waals surface area contributed by atoms with Gasteiger partial charge in [-0.25, -0.2) is 22.5 Å². The molecule has 41 heavy (non-hydrogen) atoms. The van der Waals surface area contributed by atoms with Gasteiger partial charge in [-0.1, -0.05) is 12.1 Å². The van der Waals surface area contributed by atoms with Crippen molar-refractivity contribution in [2.45, 2.75) is 26.4 Å². The third-order valence-corrected chi connectivity index (χ3v) is 7.29. The first-order valence-electron chi connectivity index (χ1n) is 13.1. The van der Waals surface area contributed by atoms with Gasteiger partial charge in [-0.3, -0.25) is 10.1 Å². The number of nitrogens with zero attached hydrogens (tertiary/aromatic N) is 3. The average molecular weight is 570 g/mol. The van der Waals surface area contributed by atoms with Crippen molar-refractivity contribution in [3.63, 3.8) is 0 Å². The zero-order valence-electron chi connectivity index (χ0n) is 22.7. The largest absolute Gasteiger partial charge is 0.382 e. The highest BCUT2D eigenvalue weighted by Crippen LogP contribution is 2.35. The summed E-state index contributed by atoms with van der Waals surface area (Å²) in [6, 6.07) is 18.5. The Bertz CT molecular complexity index is 2010. The van der Waals surface area contributed by atoms with E-state index in [1.54, 1.807) is 18.5 Å². The van der Waals surface area contributed by atoms with E-state index in [2.05, 4.69) is 44.1 Å². The topological polar surface area (TPSA) is 128 Å². The molecule has 0 aliphatic carbocycles. The standard InChI is InChI=1S/C30H28FN7O2S/c1-17(2)34-22-12-20(15-32-16-22)25-7-8-27-29(36-25)30(38-37-27)28-13-24-23(5-4-6-26(24)35-28)19-9-18(10-21(31)11-19)14-33-41(3,39)40/h4-13,15-17,33-35H,14H2,1-3H3,(H,37,38). The summed E-state index contributed by atoms with van der Waals surface area (Å²) in [6.07, 6.45) is 4.65. The zero-order valence-corrected chi connectivity index (χ0v) is 23.5. The molecule has 0 unspecified atom stereocenters. The molecule has 11 heteroatoms. The SMILES string of the molecule is CC(C)Nc1cncc(-c2ccc3[nH]nc(-c4cc5c(-c6cc(F)cc(CNS(C)(=O)=O)c6)cccc5[nH]4)c3n2)c1. The maximum atomic E-state index is 14.6. The number of hydrogen-bond acceptors (Lipinski definition) is 6. The second kappa shape index (κ2) is 10.4. The van der Waals surface area contributed by atoms with Crippen molar-refractivity contribution in [3.05, 3.63) is 84.4 Å². The lowest BCUT2D eigenvalue weighted by Crippen LogP contribution is -2.21. The van der Waals surface area contributed by atoms with Crippen LogP contribution < -0.4 is 10.0 Å². The fourth-order valence-electron chi connectivity index (χ4n) is 4.90. The molecule has 0 amide bonds. The Kier molecular flexibility index (Phi) is 6.76. The van der Waals surface area contributed by atoms with Crippen LogP contribution >= 0.6 is 0 Å². The summed E-state index contributed by atoms with van der Waals surface area (Å²) < 4.78 is 40.1. The Labute approximate surface area is 236 Å². The predicted octanol–water partition coefficient (Wildman–Crippen LogP) is 5.84. The van der Waals surface area contributed by atoms with Crippen LogP contribution in [0.3, 0.4) is 0 Å². The molecule has 6 rings (SSSR count). The first-order valence-corrected chi connectivity index (χ1v) is 15.0. The quantitative estimate of drug-likeness (QED) is 0.182. The van der Waals surface area contributed by atoms with Crippen LogP contribution in [0.4, 0.5) is 10.1 Å². The number of benzene rings is 2. The van der Waals surface area contributed by atoms with Crippen LogP contribution in [0.25, 0.3) is 55.7 Å². The van der Waals surface area contributed by atoms with E-state index in [1.165, 1.54) is 12.1 Å². The van der Waals surface area contributed by atoms with Gasteiger partial charge in [0.05, 0.1) is 28.8 Å². The number of sulfonamides is 1. The van der Waals surface area contributed by atoms with Gasteiger partial charge in [0.2, 0.25) is 10.0 Å². The van der Waals surface area contributed by atoms with Crippen molar-refractivity contribution in [3.8, 4) is 33.8 Å². The number of anilines is 1. The molecule has 0 bridgehead atoms. The third kappa shape index (κ3) is 5.67. The second-order valence-electron chi connectivity index (χ2n) is 10.3. The molecule has 4 heterocycles. The molecule has 0 fully saturated rings. The van der Waals surface area contributed by atoms with Gasteiger partial charge in [0, 0.05) is 41.4 Å². The molecule has 4 N–H and O–H groups in total. The number of pyridine rings is 2. The Morgan fingerprint density at radius 3 is 2.63 bits per heavy atom. The molecule has 6 aromatic rings. The Balaban J connectivity index is 1.40. The van der Waals surface area contributed by atoms with Gasteiger partial charge >= 0.3 is 0 Å². The molecule has 0 saturated carbocycles. The smallest absolute Gasteiger partial charge is 0.209 e. The molecular weight excluding hydrogens is 541 g/mol. The number of aromatic nitrogens is 5. The molecule has 9 nitrogen and oxygen atoms in total. The average Bonchev–Trinajstić information content (AvgIpc) is 3.54. The van der Waals surface area contributed by atoms with Gasteiger partial charge in [0.15, 0.2) is 0 Å². The minimum atomic E-state index is -3.42. The van der Waals surface area contributed by atoms with E-state index in [4.69, 9.17) is 4.98 Å². The lowest BCUT2D eigenvalue weighted by Gasteiger charge is -2.10. The lowest BCUT2D eigenvalue weighted by molar-refractivity contribution is 0.586. The molecule has 0 radical (unpaired) electrons. The van der Waals surface area contributed by atoms with Crippen molar-refractivity contribution < 1.29 is 12.8 Å². The second-order valence-corrected chi connectivity index (χ2v) is 12.2. The lowest BCUT2D eigenvalue weighted by atomic mass is 9.99. The van der Waals surface area contributed by atoms with Crippen molar-refractivity contribution in [1.82, 2.24) is 29.9 Å². The van der Waals surface area contributed by atoms with E-state index in [1.807, 2.05) is 42.5 Å².